The van der Waals surface area contributed by atoms with Gasteiger partial charge in [0.25, 0.3) is 0 Å². The first-order valence-electron chi connectivity index (χ1n) is 6.25. The maximum absolute atomic E-state index is 8.28. The molecule has 0 aromatic carbocycles. The second-order valence-corrected chi connectivity index (χ2v) is 4.52. The van der Waals surface area contributed by atoms with Crippen LogP contribution >= 0.6 is 0 Å². The highest BCUT2D eigenvalue weighted by Gasteiger charge is 2.10. The Hall–Kier alpha value is -0.690. The van der Waals surface area contributed by atoms with Gasteiger partial charge in [-0.1, -0.05) is 58.0 Å². The van der Waals surface area contributed by atoms with Gasteiger partial charge in [-0.05, 0) is 23.8 Å². The van der Waals surface area contributed by atoms with E-state index in [0.29, 0.717) is 12.5 Å². The summed E-state index contributed by atoms with van der Waals surface area (Å²) in [6.45, 7) is 7.40. The van der Waals surface area contributed by atoms with Crippen LogP contribution in [-0.2, 0) is 0 Å². The molecule has 0 rings (SSSR count). The molecule has 0 fully saturated rings. The number of azide groups is 1. The third-order valence-corrected chi connectivity index (χ3v) is 3.02. The molecular weight excluding hydrogens is 186 g/mol. The summed E-state index contributed by atoms with van der Waals surface area (Å²) in [5.41, 5.74) is 8.28. The van der Waals surface area contributed by atoms with Crippen LogP contribution in [0.1, 0.15) is 59.3 Å². The summed E-state index contributed by atoms with van der Waals surface area (Å²) in [6.07, 6.45) is 7.63. The fraction of sp³-hybridized carbons (Fsp3) is 1.00. The van der Waals surface area contributed by atoms with Crippen molar-refractivity contribution in [2.75, 3.05) is 6.54 Å². The zero-order valence-corrected chi connectivity index (χ0v) is 10.4. The third kappa shape index (κ3) is 8.31. The minimum absolute atomic E-state index is 0.581. The number of rotatable bonds is 9. The van der Waals surface area contributed by atoms with E-state index in [2.05, 4.69) is 30.8 Å². The number of hydrogen-bond donors (Lipinski definition) is 0. The summed E-state index contributed by atoms with van der Waals surface area (Å²) in [5.74, 6) is 1.35. The van der Waals surface area contributed by atoms with Crippen molar-refractivity contribution in [2.45, 2.75) is 59.3 Å². The highest BCUT2D eigenvalue weighted by atomic mass is 15.1. The fourth-order valence-electron chi connectivity index (χ4n) is 1.95. The van der Waals surface area contributed by atoms with Gasteiger partial charge in [0.05, 0.1) is 0 Å². The second-order valence-electron chi connectivity index (χ2n) is 4.52. The maximum atomic E-state index is 8.28. The average Bonchev–Trinajstić information content (AvgIpc) is 2.24. The van der Waals surface area contributed by atoms with Crippen LogP contribution in [0.5, 0.6) is 0 Å². The summed E-state index contributed by atoms with van der Waals surface area (Å²) in [7, 11) is 0. The molecular formula is C12H25N3. The molecule has 2 atom stereocenters. The van der Waals surface area contributed by atoms with E-state index in [1.807, 2.05) is 0 Å². The SMILES string of the molecule is CCCCC[C@@H](C)C[C@@H](CC)CN=[N+]=[N-]. The van der Waals surface area contributed by atoms with Crippen molar-refractivity contribution >= 4 is 0 Å². The molecule has 0 aliphatic rings. The second kappa shape index (κ2) is 9.85. The molecule has 15 heavy (non-hydrogen) atoms. The lowest BCUT2D eigenvalue weighted by Gasteiger charge is -2.17. The van der Waals surface area contributed by atoms with E-state index in [4.69, 9.17) is 5.53 Å². The summed E-state index contributed by atoms with van der Waals surface area (Å²) in [4.78, 5) is 2.83. The van der Waals surface area contributed by atoms with E-state index >= 15 is 0 Å². The molecule has 0 spiro atoms. The van der Waals surface area contributed by atoms with Gasteiger partial charge in [0.2, 0.25) is 0 Å². The van der Waals surface area contributed by atoms with Crippen LogP contribution in [0.25, 0.3) is 10.4 Å². The van der Waals surface area contributed by atoms with Gasteiger partial charge in [0.1, 0.15) is 0 Å². The summed E-state index contributed by atoms with van der Waals surface area (Å²) >= 11 is 0. The summed E-state index contributed by atoms with van der Waals surface area (Å²) in [6, 6.07) is 0. The van der Waals surface area contributed by atoms with E-state index < -0.39 is 0 Å². The van der Waals surface area contributed by atoms with Crippen LogP contribution in [0.2, 0.25) is 0 Å². The smallest absolute Gasteiger partial charge is 0.0286 e. The number of nitrogens with zero attached hydrogens (tertiary/aromatic N) is 3. The van der Waals surface area contributed by atoms with Crippen molar-refractivity contribution in [3.8, 4) is 0 Å². The Morgan fingerprint density at radius 2 is 2.00 bits per heavy atom. The molecule has 3 heteroatoms. The normalized spacial score (nSPS) is 14.3. The molecule has 0 aliphatic heterocycles. The van der Waals surface area contributed by atoms with Gasteiger partial charge in [-0.2, -0.15) is 0 Å². The van der Waals surface area contributed by atoms with Crippen LogP contribution in [0.3, 0.4) is 0 Å². The predicted octanol–water partition coefficient (Wildman–Crippen LogP) is 4.93. The maximum Gasteiger partial charge on any atom is 0.0286 e. The van der Waals surface area contributed by atoms with Crippen LogP contribution in [-0.4, -0.2) is 6.54 Å². The van der Waals surface area contributed by atoms with E-state index in [1.165, 1.54) is 32.1 Å². The van der Waals surface area contributed by atoms with Crippen molar-refractivity contribution in [1.82, 2.24) is 0 Å². The molecule has 0 heterocycles. The Kier molecular flexibility index (Phi) is 9.40. The van der Waals surface area contributed by atoms with E-state index in [-0.39, 0.29) is 0 Å². The van der Waals surface area contributed by atoms with Gasteiger partial charge in [-0.15, -0.1) is 0 Å². The Labute approximate surface area is 93.9 Å². The molecule has 0 saturated heterocycles. The van der Waals surface area contributed by atoms with E-state index in [0.717, 1.165) is 12.3 Å². The first-order chi connectivity index (χ1) is 7.24. The van der Waals surface area contributed by atoms with Gasteiger partial charge in [-0.3, -0.25) is 0 Å². The standard InChI is InChI=1S/C12H25N3/c1-4-6-7-8-11(3)9-12(5-2)10-14-15-13/h11-12H,4-10H2,1-3H3/t11-,12-/m1/s1. The van der Waals surface area contributed by atoms with E-state index in [1.54, 1.807) is 0 Å². The molecule has 0 aromatic rings. The molecule has 0 N–H and O–H groups in total. The van der Waals surface area contributed by atoms with Crippen molar-refractivity contribution in [3.05, 3.63) is 10.4 Å². The minimum atomic E-state index is 0.581. The minimum Gasteiger partial charge on any atom is -0.0937 e. The van der Waals surface area contributed by atoms with Crippen LogP contribution in [0.4, 0.5) is 0 Å². The van der Waals surface area contributed by atoms with Gasteiger partial charge in [0.15, 0.2) is 0 Å². The van der Waals surface area contributed by atoms with Crippen molar-refractivity contribution < 1.29 is 0 Å². The van der Waals surface area contributed by atoms with Crippen LogP contribution < -0.4 is 0 Å². The zero-order chi connectivity index (χ0) is 11.5. The van der Waals surface area contributed by atoms with Gasteiger partial charge in [0, 0.05) is 11.5 Å². The lowest BCUT2D eigenvalue weighted by atomic mass is 9.90. The summed E-state index contributed by atoms with van der Waals surface area (Å²) < 4.78 is 0. The number of unbranched alkanes of at least 4 members (excludes halogenated alkanes) is 2. The third-order valence-electron chi connectivity index (χ3n) is 3.02. The molecule has 0 unspecified atom stereocenters. The van der Waals surface area contributed by atoms with Crippen LogP contribution in [0.15, 0.2) is 5.11 Å². The number of hydrogen-bond acceptors (Lipinski definition) is 1. The first kappa shape index (κ1) is 14.3. The molecule has 0 radical (unpaired) electrons. The zero-order valence-electron chi connectivity index (χ0n) is 10.4. The average molecular weight is 211 g/mol. The Balaban J connectivity index is 3.69. The highest BCUT2D eigenvalue weighted by Crippen LogP contribution is 2.20. The quantitative estimate of drug-likeness (QED) is 0.225. The van der Waals surface area contributed by atoms with Crippen LogP contribution in [0, 0.1) is 11.8 Å². The predicted molar refractivity (Wildman–Crippen MR) is 65.7 cm³/mol. The molecule has 0 aliphatic carbocycles. The molecule has 0 amide bonds. The highest BCUT2D eigenvalue weighted by molar-refractivity contribution is 4.65. The van der Waals surface area contributed by atoms with Gasteiger partial charge < -0.3 is 0 Å². The Bertz CT molecular complexity index is 185. The van der Waals surface area contributed by atoms with Gasteiger partial charge >= 0.3 is 0 Å². The monoisotopic (exact) mass is 211 g/mol. The molecule has 0 aromatic heterocycles. The van der Waals surface area contributed by atoms with Gasteiger partial charge in [-0.25, -0.2) is 0 Å². The molecule has 0 bridgehead atoms. The van der Waals surface area contributed by atoms with E-state index in [9.17, 15) is 0 Å². The molecule has 0 saturated carbocycles. The molecule has 88 valence electrons. The Morgan fingerprint density at radius 3 is 2.53 bits per heavy atom. The Morgan fingerprint density at radius 1 is 1.27 bits per heavy atom. The largest absolute Gasteiger partial charge is 0.0937 e. The van der Waals surface area contributed by atoms with Crippen molar-refractivity contribution in [1.29, 1.82) is 0 Å². The topological polar surface area (TPSA) is 48.8 Å². The lowest BCUT2D eigenvalue weighted by molar-refractivity contribution is 0.362. The lowest BCUT2D eigenvalue weighted by Crippen LogP contribution is -2.08. The summed E-state index contributed by atoms with van der Waals surface area (Å²) in [5, 5.41) is 3.67. The fourth-order valence-corrected chi connectivity index (χ4v) is 1.95. The van der Waals surface area contributed by atoms with Crippen molar-refractivity contribution in [2.24, 2.45) is 17.0 Å². The molecule has 3 nitrogen and oxygen atoms in total. The van der Waals surface area contributed by atoms with Crippen molar-refractivity contribution in [3.63, 3.8) is 0 Å². The first-order valence-corrected chi connectivity index (χ1v) is 6.25.